The number of nitrogens with zero attached hydrogens (tertiary/aromatic N) is 5. The second-order valence-electron chi connectivity index (χ2n) is 8.53. The molecule has 1 N–H and O–H groups in total. The molecule has 0 unspecified atom stereocenters. The molecule has 11 heteroatoms. The van der Waals surface area contributed by atoms with Gasteiger partial charge in [-0.1, -0.05) is 11.6 Å². The summed E-state index contributed by atoms with van der Waals surface area (Å²) in [6.07, 6.45) is 4.15. The first kappa shape index (κ1) is 22.6. The summed E-state index contributed by atoms with van der Waals surface area (Å²) in [5.41, 5.74) is 1.38. The SMILES string of the molecule is CN(C)Cc1nccn1-c1ccc(N2C(=O)[C@@H]3[C@H](NC(=O)c4ccc(Cl)s4)CCN3C2=O)cc1. The van der Waals surface area contributed by atoms with E-state index in [1.54, 1.807) is 30.5 Å². The molecule has 0 spiro atoms. The van der Waals surface area contributed by atoms with Crippen molar-refractivity contribution in [3.63, 3.8) is 0 Å². The number of aromatic nitrogens is 2. The maximum Gasteiger partial charge on any atom is 0.332 e. The fourth-order valence-corrected chi connectivity index (χ4v) is 5.41. The van der Waals surface area contributed by atoms with Crippen LogP contribution in [0, 0.1) is 0 Å². The highest BCUT2D eigenvalue weighted by Crippen LogP contribution is 2.33. The van der Waals surface area contributed by atoms with Gasteiger partial charge in [-0.05, 0) is 56.9 Å². The van der Waals surface area contributed by atoms with Gasteiger partial charge in [0.25, 0.3) is 11.8 Å². The van der Waals surface area contributed by atoms with Crippen LogP contribution in [-0.4, -0.2) is 69.9 Å². The Labute approximate surface area is 205 Å². The number of halogens is 1. The van der Waals surface area contributed by atoms with Crippen LogP contribution < -0.4 is 10.2 Å². The number of thiophene rings is 1. The molecule has 1 aromatic carbocycles. The number of hydrogen-bond donors (Lipinski definition) is 1. The predicted octanol–water partition coefficient (Wildman–Crippen LogP) is 2.99. The van der Waals surface area contributed by atoms with Crippen molar-refractivity contribution >= 4 is 46.5 Å². The first-order valence-corrected chi connectivity index (χ1v) is 12.0. The van der Waals surface area contributed by atoms with E-state index in [1.165, 1.54) is 21.1 Å². The van der Waals surface area contributed by atoms with Gasteiger partial charge in [0.1, 0.15) is 11.9 Å². The lowest BCUT2D eigenvalue weighted by Gasteiger charge is -2.19. The Morgan fingerprint density at radius 1 is 1.18 bits per heavy atom. The molecule has 5 rings (SSSR count). The number of urea groups is 1. The average molecular weight is 499 g/mol. The fraction of sp³-hybridized carbons (Fsp3) is 0.304. The Kier molecular flexibility index (Phi) is 5.88. The summed E-state index contributed by atoms with van der Waals surface area (Å²) in [7, 11) is 3.95. The Bertz CT molecular complexity index is 1250. The lowest BCUT2D eigenvalue weighted by Crippen LogP contribution is -2.46. The minimum absolute atomic E-state index is 0.291. The normalized spacial score (nSPS) is 19.9. The summed E-state index contributed by atoms with van der Waals surface area (Å²) in [5, 5.41) is 2.91. The van der Waals surface area contributed by atoms with Crippen molar-refractivity contribution in [2.24, 2.45) is 0 Å². The van der Waals surface area contributed by atoms with Gasteiger partial charge >= 0.3 is 6.03 Å². The molecule has 176 valence electrons. The number of carbonyl (C=O) groups excluding carboxylic acids is 3. The summed E-state index contributed by atoms with van der Waals surface area (Å²) in [6.45, 7) is 1.09. The summed E-state index contributed by atoms with van der Waals surface area (Å²) in [5.74, 6) is 0.263. The molecule has 0 saturated carbocycles. The van der Waals surface area contributed by atoms with Gasteiger partial charge in [-0.3, -0.25) is 9.59 Å². The number of imide groups is 1. The van der Waals surface area contributed by atoms with Crippen LogP contribution in [0.3, 0.4) is 0 Å². The molecule has 3 aromatic rings. The zero-order valence-electron chi connectivity index (χ0n) is 18.6. The van der Waals surface area contributed by atoms with Crippen LogP contribution >= 0.6 is 22.9 Å². The summed E-state index contributed by atoms with van der Waals surface area (Å²) in [4.78, 5) is 48.6. The van der Waals surface area contributed by atoms with E-state index in [2.05, 4.69) is 10.3 Å². The number of anilines is 1. The highest BCUT2D eigenvalue weighted by Gasteiger charge is 2.53. The van der Waals surface area contributed by atoms with E-state index in [0.717, 1.165) is 11.5 Å². The first-order chi connectivity index (χ1) is 16.3. The van der Waals surface area contributed by atoms with Crippen LogP contribution in [0.25, 0.3) is 5.69 Å². The van der Waals surface area contributed by atoms with Crippen LogP contribution in [-0.2, 0) is 11.3 Å². The van der Waals surface area contributed by atoms with Gasteiger partial charge in [0.05, 0.1) is 27.5 Å². The van der Waals surface area contributed by atoms with Gasteiger partial charge in [0.15, 0.2) is 0 Å². The molecule has 0 radical (unpaired) electrons. The molecule has 4 heterocycles. The topological polar surface area (TPSA) is 90.8 Å². The lowest BCUT2D eigenvalue weighted by molar-refractivity contribution is -0.119. The molecule has 2 fully saturated rings. The molecular formula is C23H23ClN6O3S. The highest BCUT2D eigenvalue weighted by molar-refractivity contribution is 7.18. The molecule has 2 aliphatic heterocycles. The zero-order chi connectivity index (χ0) is 24.0. The smallest absolute Gasteiger partial charge is 0.332 e. The van der Waals surface area contributed by atoms with E-state index < -0.39 is 12.1 Å². The van der Waals surface area contributed by atoms with E-state index in [1.807, 2.05) is 41.9 Å². The average Bonchev–Trinajstić information content (AvgIpc) is 3.57. The van der Waals surface area contributed by atoms with Gasteiger partial charge < -0.3 is 19.7 Å². The molecule has 2 saturated heterocycles. The van der Waals surface area contributed by atoms with Gasteiger partial charge in [0.2, 0.25) is 0 Å². The fourth-order valence-electron chi connectivity index (χ4n) is 4.46. The van der Waals surface area contributed by atoms with E-state index in [4.69, 9.17) is 11.6 Å². The van der Waals surface area contributed by atoms with Gasteiger partial charge in [0, 0.05) is 24.6 Å². The quantitative estimate of drug-likeness (QED) is 0.528. The molecule has 2 atom stereocenters. The highest BCUT2D eigenvalue weighted by atomic mass is 35.5. The molecule has 34 heavy (non-hydrogen) atoms. The Hall–Kier alpha value is -3.21. The second-order valence-corrected chi connectivity index (χ2v) is 10.2. The number of hydrogen-bond acceptors (Lipinski definition) is 6. The van der Waals surface area contributed by atoms with Crippen molar-refractivity contribution < 1.29 is 14.4 Å². The largest absolute Gasteiger partial charge is 0.346 e. The number of rotatable bonds is 6. The van der Waals surface area contributed by atoms with Crippen LogP contribution in [0.5, 0.6) is 0 Å². The van der Waals surface area contributed by atoms with Crippen molar-refractivity contribution in [2.45, 2.75) is 25.0 Å². The monoisotopic (exact) mass is 498 g/mol. The van der Waals surface area contributed by atoms with Crippen molar-refractivity contribution in [3.8, 4) is 5.69 Å². The maximum absolute atomic E-state index is 13.3. The first-order valence-electron chi connectivity index (χ1n) is 10.8. The van der Waals surface area contributed by atoms with Crippen LogP contribution in [0.4, 0.5) is 10.5 Å². The summed E-state index contributed by atoms with van der Waals surface area (Å²) < 4.78 is 2.49. The van der Waals surface area contributed by atoms with E-state index >= 15 is 0 Å². The second kappa shape index (κ2) is 8.86. The number of fused-ring (bicyclic) bond motifs is 1. The van der Waals surface area contributed by atoms with Gasteiger partial charge in [-0.2, -0.15) is 0 Å². The van der Waals surface area contributed by atoms with E-state index in [9.17, 15) is 14.4 Å². The van der Waals surface area contributed by atoms with E-state index in [-0.39, 0.29) is 17.8 Å². The third-order valence-corrected chi connectivity index (χ3v) is 7.21. The van der Waals surface area contributed by atoms with Crippen molar-refractivity contribution in [3.05, 3.63) is 63.8 Å². The third kappa shape index (κ3) is 3.97. The summed E-state index contributed by atoms with van der Waals surface area (Å²) in [6, 6.07) is 9.01. The van der Waals surface area contributed by atoms with Crippen molar-refractivity contribution in [2.75, 3.05) is 25.5 Å². The van der Waals surface area contributed by atoms with Gasteiger partial charge in [-0.25, -0.2) is 14.7 Å². The van der Waals surface area contributed by atoms with Crippen molar-refractivity contribution in [1.29, 1.82) is 0 Å². The minimum atomic E-state index is -0.716. The van der Waals surface area contributed by atoms with Crippen LogP contribution in [0.15, 0.2) is 48.8 Å². The molecule has 2 aliphatic rings. The molecule has 4 amide bonds. The van der Waals surface area contributed by atoms with E-state index in [0.29, 0.717) is 34.4 Å². The molecule has 0 bridgehead atoms. The molecule has 9 nitrogen and oxygen atoms in total. The minimum Gasteiger partial charge on any atom is -0.346 e. The maximum atomic E-state index is 13.3. The molecular weight excluding hydrogens is 476 g/mol. The Balaban J connectivity index is 1.34. The van der Waals surface area contributed by atoms with Crippen molar-refractivity contribution in [1.82, 2.24) is 24.7 Å². The summed E-state index contributed by atoms with van der Waals surface area (Å²) >= 11 is 7.11. The number of imidazole rings is 1. The lowest BCUT2D eigenvalue weighted by atomic mass is 10.1. The van der Waals surface area contributed by atoms with Gasteiger partial charge in [-0.15, -0.1) is 11.3 Å². The number of nitrogens with one attached hydrogen (secondary N) is 1. The number of amides is 4. The molecule has 0 aliphatic carbocycles. The number of carbonyl (C=O) groups is 3. The standard InChI is InChI=1S/C23H23ClN6O3S/c1-27(2)13-19-25-10-12-28(19)14-3-5-15(6-4-14)30-22(32)20-16(9-11-29(20)23(30)33)26-21(31)17-7-8-18(24)34-17/h3-8,10,12,16,20H,9,11,13H2,1-2H3,(H,26,31)/t16-,20+/m1/s1. The van der Waals surface area contributed by atoms with Crippen LogP contribution in [0.2, 0.25) is 4.34 Å². The Morgan fingerprint density at radius 2 is 1.91 bits per heavy atom. The zero-order valence-corrected chi connectivity index (χ0v) is 20.2. The predicted molar refractivity (Wildman–Crippen MR) is 130 cm³/mol. The van der Waals surface area contributed by atoms with Crippen LogP contribution in [0.1, 0.15) is 21.9 Å². The Morgan fingerprint density at radius 3 is 2.59 bits per heavy atom. The third-order valence-electron chi connectivity index (χ3n) is 5.98. The molecule has 2 aromatic heterocycles. The number of benzene rings is 1.